The summed E-state index contributed by atoms with van der Waals surface area (Å²) >= 11 is 0. The summed E-state index contributed by atoms with van der Waals surface area (Å²) in [6, 6.07) is 6.83. The summed E-state index contributed by atoms with van der Waals surface area (Å²) in [5.41, 5.74) is -2.66. The van der Waals surface area contributed by atoms with E-state index in [0.29, 0.717) is 13.0 Å². The summed E-state index contributed by atoms with van der Waals surface area (Å²) in [6.07, 6.45) is -5.94. The van der Waals surface area contributed by atoms with Crippen molar-refractivity contribution in [3.05, 3.63) is 47.8 Å². The molecule has 0 radical (unpaired) electrons. The van der Waals surface area contributed by atoms with Crippen LogP contribution in [0.3, 0.4) is 0 Å². The van der Waals surface area contributed by atoms with Crippen LogP contribution in [0.1, 0.15) is 39.2 Å². The molecule has 0 aliphatic carbocycles. The summed E-state index contributed by atoms with van der Waals surface area (Å²) in [5, 5.41) is 9.22. The van der Waals surface area contributed by atoms with Crippen molar-refractivity contribution in [2.24, 2.45) is 5.41 Å². The van der Waals surface area contributed by atoms with Crippen molar-refractivity contribution >= 4 is 21.4 Å². The number of halogens is 6. The van der Waals surface area contributed by atoms with Crippen molar-refractivity contribution < 1.29 is 39.5 Å². The van der Waals surface area contributed by atoms with Gasteiger partial charge in [0.2, 0.25) is 15.9 Å². The number of hydrogen-bond acceptors (Lipinski definition) is 5. The van der Waals surface area contributed by atoms with E-state index >= 15 is 0 Å². The first-order valence-corrected chi connectivity index (χ1v) is 13.0. The minimum absolute atomic E-state index is 0.166. The number of rotatable bonds is 7. The zero-order valence-electron chi connectivity index (χ0n) is 21.1. The Hall–Kier alpha value is -2.98. The maximum Gasteiger partial charge on any atom is 0.420 e. The van der Waals surface area contributed by atoms with E-state index < -0.39 is 68.6 Å². The molecule has 0 saturated carbocycles. The van der Waals surface area contributed by atoms with Gasteiger partial charge in [0.25, 0.3) is 0 Å². The van der Waals surface area contributed by atoms with Crippen LogP contribution in [-0.2, 0) is 16.2 Å². The number of ether oxygens (including phenoxy) is 1. The minimum atomic E-state index is -4.97. The average Bonchev–Trinajstić information content (AvgIpc) is 2.89. The van der Waals surface area contributed by atoms with E-state index in [1.165, 1.54) is 37.9 Å². The Morgan fingerprint density at radius 1 is 1.08 bits per heavy atom. The van der Waals surface area contributed by atoms with Gasteiger partial charge in [0.15, 0.2) is 0 Å². The second-order valence-electron chi connectivity index (χ2n) is 9.97. The summed E-state index contributed by atoms with van der Waals surface area (Å²) < 4.78 is 117. The van der Waals surface area contributed by atoms with Crippen LogP contribution in [0.5, 0.6) is 5.75 Å². The lowest BCUT2D eigenvalue weighted by atomic mass is 9.97. The third-order valence-electron chi connectivity index (χ3n) is 6.17. The first-order valence-electron chi connectivity index (χ1n) is 11.5. The highest BCUT2D eigenvalue weighted by Gasteiger charge is 2.42. The number of anilines is 2. The first kappa shape index (κ1) is 29.6. The third kappa shape index (κ3) is 6.53. The van der Waals surface area contributed by atoms with Crippen LogP contribution in [0.2, 0.25) is 0 Å². The van der Waals surface area contributed by atoms with Crippen LogP contribution >= 0.6 is 0 Å². The number of hydrogen-bond donors (Lipinski definition) is 0. The minimum Gasteiger partial charge on any atom is -0.491 e. The van der Waals surface area contributed by atoms with Crippen LogP contribution in [-0.4, -0.2) is 44.9 Å². The number of nitriles is 1. The van der Waals surface area contributed by atoms with Crippen LogP contribution in [0, 0.1) is 22.6 Å². The van der Waals surface area contributed by atoms with Gasteiger partial charge < -0.3 is 9.64 Å². The number of sulfonamides is 1. The fourth-order valence-corrected chi connectivity index (χ4v) is 5.50. The molecule has 1 unspecified atom stereocenters. The molecule has 13 heteroatoms. The van der Waals surface area contributed by atoms with Crippen molar-refractivity contribution in [2.75, 3.05) is 25.1 Å². The molecule has 0 aromatic heterocycles. The molecular formula is C25H27F6N3O3S. The van der Waals surface area contributed by atoms with E-state index in [2.05, 4.69) is 0 Å². The van der Waals surface area contributed by atoms with E-state index in [0.717, 1.165) is 22.5 Å². The standard InChI is InChI=1S/C25H27F6N3O3S/c1-23(2,14-32)15-37-21-12-22-20(11-19(21)25(29,30)31)34(17-7-5-16(26)6-8-17)13-18(9-10-24(3,27)28)33(4)38(22,35)36/h5-8,11-12,18H,9-10,13,15H2,1-4H3. The van der Waals surface area contributed by atoms with Gasteiger partial charge in [0, 0.05) is 37.8 Å². The Kier molecular flexibility index (Phi) is 8.01. The van der Waals surface area contributed by atoms with Crippen LogP contribution in [0.4, 0.5) is 37.7 Å². The van der Waals surface area contributed by atoms with Gasteiger partial charge in [-0.25, -0.2) is 21.6 Å². The van der Waals surface area contributed by atoms with Crippen LogP contribution in [0.25, 0.3) is 0 Å². The lowest BCUT2D eigenvalue weighted by molar-refractivity contribution is -0.139. The van der Waals surface area contributed by atoms with Crippen molar-refractivity contribution in [3.8, 4) is 11.8 Å². The molecule has 0 saturated heterocycles. The fourth-order valence-electron chi connectivity index (χ4n) is 3.93. The van der Waals surface area contributed by atoms with E-state index in [4.69, 9.17) is 4.74 Å². The molecule has 0 bridgehead atoms. The Labute approximate surface area is 217 Å². The largest absolute Gasteiger partial charge is 0.491 e. The van der Waals surface area contributed by atoms with Gasteiger partial charge in [-0.2, -0.15) is 22.7 Å². The van der Waals surface area contributed by atoms with Gasteiger partial charge in [-0.15, -0.1) is 0 Å². The molecule has 6 nitrogen and oxygen atoms in total. The van der Waals surface area contributed by atoms with E-state index in [-0.39, 0.29) is 24.3 Å². The van der Waals surface area contributed by atoms with E-state index in [1.807, 2.05) is 6.07 Å². The Morgan fingerprint density at radius 3 is 2.21 bits per heavy atom. The molecule has 2 aromatic carbocycles. The highest BCUT2D eigenvalue weighted by Crippen LogP contribution is 2.46. The molecule has 208 valence electrons. The van der Waals surface area contributed by atoms with Gasteiger partial charge in [0.1, 0.15) is 23.1 Å². The quantitative estimate of drug-likeness (QED) is 0.367. The van der Waals surface area contributed by atoms with Crippen molar-refractivity contribution in [1.29, 1.82) is 5.26 Å². The van der Waals surface area contributed by atoms with Crippen molar-refractivity contribution in [2.45, 2.75) is 56.6 Å². The second-order valence-corrected chi connectivity index (χ2v) is 11.9. The maximum atomic E-state index is 14.1. The lowest BCUT2D eigenvalue weighted by Crippen LogP contribution is -2.41. The van der Waals surface area contributed by atoms with Gasteiger partial charge in [-0.1, -0.05) is 0 Å². The topological polar surface area (TPSA) is 73.6 Å². The maximum absolute atomic E-state index is 14.1. The average molecular weight is 564 g/mol. The first-order chi connectivity index (χ1) is 17.4. The fraction of sp³-hybridized carbons (Fsp3) is 0.480. The van der Waals surface area contributed by atoms with Gasteiger partial charge in [-0.05, 0) is 57.5 Å². The number of nitrogens with zero attached hydrogens (tertiary/aromatic N) is 3. The molecule has 0 spiro atoms. The molecule has 0 fully saturated rings. The predicted molar refractivity (Wildman–Crippen MR) is 128 cm³/mol. The smallest absolute Gasteiger partial charge is 0.420 e. The molecule has 3 rings (SSSR count). The Bertz CT molecular complexity index is 1320. The second kappa shape index (κ2) is 10.3. The summed E-state index contributed by atoms with van der Waals surface area (Å²) in [7, 11) is -3.34. The number of likely N-dealkylation sites (N-methyl/N-ethyl adjacent to an activating group) is 1. The molecular weight excluding hydrogens is 536 g/mol. The molecule has 1 aliphatic rings. The van der Waals surface area contributed by atoms with Gasteiger partial charge in [-0.3, -0.25) is 0 Å². The lowest BCUT2D eigenvalue weighted by Gasteiger charge is -2.30. The zero-order chi connectivity index (χ0) is 28.7. The Balaban J connectivity index is 2.27. The number of fused-ring (bicyclic) bond motifs is 1. The van der Waals surface area contributed by atoms with E-state index in [1.54, 1.807) is 0 Å². The summed E-state index contributed by atoms with van der Waals surface area (Å²) in [5.74, 6) is -4.53. The zero-order valence-corrected chi connectivity index (χ0v) is 21.9. The van der Waals surface area contributed by atoms with Gasteiger partial charge in [0.05, 0.1) is 22.7 Å². The molecule has 0 amide bonds. The molecule has 1 atom stereocenters. The van der Waals surface area contributed by atoms with Gasteiger partial charge >= 0.3 is 6.18 Å². The molecule has 0 N–H and O–H groups in total. The Morgan fingerprint density at radius 2 is 1.68 bits per heavy atom. The summed E-state index contributed by atoms with van der Waals surface area (Å²) in [6.45, 7) is 2.84. The number of alkyl halides is 5. The SMILES string of the molecule is CN1C(CCC(C)(F)F)CN(c2ccc(F)cc2)c2cc(C(F)(F)F)c(OCC(C)(C)C#N)cc2S1(=O)=O. The predicted octanol–water partition coefficient (Wildman–Crippen LogP) is 6.35. The van der Waals surface area contributed by atoms with Crippen molar-refractivity contribution in [3.63, 3.8) is 0 Å². The van der Waals surface area contributed by atoms with E-state index in [9.17, 15) is 40.0 Å². The monoisotopic (exact) mass is 563 g/mol. The third-order valence-corrected chi connectivity index (χ3v) is 8.11. The number of benzene rings is 2. The van der Waals surface area contributed by atoms with Crippen LogP contribution < -0.4 is 9.64 Å². The molecule has 1 heterocycles. The summed E-state index contributed by atoms with van der Waals surface area (Å²) in [4.78, 5) is 0.694. The van der Waals surface area contributed by atoms with Crippen molar-refractivity contribution in [1.82, 2.24) is 4.31 Å². The molecule has 38 heavy (non-hydrogen) atoms. The normalized spacial score (nSPS) is 18.4. The highest BCUT2D eigenvalue weighted by molar-refractivity contribution is 7.89. The highest BCUT2D eigenvalue weighted by atomic mass is 32.2. The molecule has 1 aliphatic heterocycles. The molecule has 2 aromatic rings. The van der Waals surface area contributed by atoms with Crippen LogP contribution in [0.15, 0.2) is 41.3 Å².